The van der Waals surface area contributed by atoms with Crippen LogP contribution in [0.5, 0.6) is 0 Å². The van der Waals surface area contributed by atoms with Crippen molar-refractivity contribution in [1.82, 2.24) is 4.98 Å². The van der Waals surface area contributed by atoms with Gasteiger partial charge in [0.05, 0.1) is 10.7 Å². The Morgan fingerprint density at radius 1 is 1.24 bits per heavy atom. The lowest BCUT2D eigenvalue weighted by atomic mass is 10.0. The van der Waals surface area contributed by atoms with Gasteiger partial charge in [-0.2, -0.15) is 0 Å². The van der Waals surface area contributed by atoms with Crippen molar-refractivity contribution in [2.75, 3.05) is 0 Å². The zero-order valence-corrected chi connectivity index (χ0v) is 11.1. The third-order valence-electron chi connectivity index (χ3n) is 2.72. The molecule has 1 aromatic heterocycles. The second kappa shape index (κ2) is 5.43. The molecular weight excluding hydrogens is 228 g/mol. The first-order chi connectivity index (χ1) is 8.16. The van der Waals surface area contributed by atoms with Crippen molar-refractivity contribution < 1.29 is 0 Å². The molecule has 17 heavy (non-hydrogen) atoms. The highest BCUT2D eigenvalue weighted by atomic mass is 32.1. The number of benzene rings is 1. The minimum Gasteiger partial charge on any atom is -0.324 e. The van der Waals surface area contributed by atoms with Gasteiger partial charge in [0.25, 0.3) is 0 Å². The summed E-state index contributed by atoms with van der Waals surface area (Å²) < 4.78 is 0. The van der Waals surface area contributed by atoms with Crippen LogP contribution in [-0.4, -0.2) is 4.98 Å². The Bertz CT molecular complexity index is 462. The number of rotatable bonds is 4. The SMILES string of the molecule is CC(C)c1nc(CC(N)c2ccccc2)cs1. The van der Waals surface area contributed by atoms with E-state index in [1.807, 2.05) is 18.2 Å². The molecule has 1 aromatic carbocycles. The van der Waals surface area contributed by atoms with Crippen molar-refractivity contribution in [3.63, 3.8) is 0 Å². The normalized spacial score (nSPS) is 12.9. The molecule has 1 heterocycles. The van der Waals surface area contributed by atoms with Crippen LogP contribution in [0.3, 0.4) is 0 Å². The lowest BCUT2D eigenvalue weighted by Crippen LogP contribution is -2.13. The van der Waals surface area contributed by atoms with Crippen molar-refractivity contribution in [2.24, 2.45) is 5.73 Å². The lowest BCUT2D eigenvalue weighted by Gasteiger charge is -2.09. The van der Waals surface area contributed by atoms with Gasteiger partial charge in [0.2, 0.25) is 0 Å². The van der Waals surface area contributed by atoms with Crippen LogP contribution < -0.4 is 5.73 Å². The first-order valence-electron chi connectivity index (χ1n) is 5.91. The molecule has 2 aromatic rings. The third-order valence-corrected chi connectivity index (χ3v) is 3.91. The van der Waals surface area contributed by atoms with E-state index in [1.54, 1.807) is 11.3 Å². The van der Waals surface area contributed by atoms with Crippen LogP contribution in [0.4, 0.5) is 0 Å². The lowest BCUT2D eigenvalue weighted by molar-refractivity contribution is 0.704. The molecule has 3 heteroatoms. The standard InChI is InChI=1S/C14H18N2S/c1-10(2)14-16-12(9-17-14)8-13(15)11-6-4-3-5-7-11/h3-7,9-10,13H,8,15H2,1-2H3. The van der Waals surface area contributed by atoms with Gasteiger partial charge in [0.15, 0.2) is 0 Å². The molecule has 2 nitrogen and oxygen atoms in total. The first-order valence-corrected chi connectivity index (χ1v) is 6.79. The van der Waals surface area contributed by atoms with E-state index < -0.39 is 0 Å². The molecule has 0 saturated heterocycles. The Morgan fingerprint density at radius 3 is 2.53 bits per heavy atom. The maximum Gasteiger partial charge on any atom is 0.0953 e. The first kappa shape index (κ1) is 12.3. The Balaban J connectivity index is 2.05. The second-order valence-electron chi connectivity index (χ2n) is 4.55. The molecule has 1 atom stereocenters. The molecule has 0 spiro atoms. The summed E-state index contributed by atoms with van der Waals surface area (Å²) in [7, 11) is 0. The number of aromatic nitrogens is 1. The van der Waals surface area contributed by atoms with E-state index in [0.29, 0.717) is 5.92 Å². The average molecular weight is 246 g/mol. The van der Waals surface area contributed by atoms with Crippen molar-refractivity contribution in [3.8, 4) is 0 Å². The molecule has 0 aliphatic heterocycles. The summed E-state index contributed by atoms with van der Waals surface area (Å²) >= 11 is 1.73. The topological polar surface area (TPSA) is 38.9 Å². The van der Waals surface area contributed by atoms with E-state index in [1.165, 1.54) is 10.6 Å². The smallest absolute Gasteiger partial charge is 0.0953 e. The summed E-state index contributed by atoms with van der Waals surface area (Å²) in [4.78, 5) is 4.61. The Hall–Kier alpha value is -1.19. The molecule has 2 rings (SSSR count). The number of nitrogens with zero attached hydrogens (tertiary/aromatic N) is 1. The fourth-order valence-corrected chi connectivity index (χ4v) is 2.57. The van der Waals surface area contributed by atoms with Gasteiger partial charge in [-0.1, -0.05) is 44.2 Å². The number of thiazole rings is 1. The molecule has 0 aliphatic carbocycles. The second-order valence-corrected chi connectivity index (χ2v) is 5.44. The molecule has 0 radical (unpaired) electrons. The number of nitrogens with two attached hydrogens (primary N) is 1. The zero-order chi connectivity index (χ0) is 12.3. The van der Waals surface area contributed by atoms with Gasteiger partial charge in [0.1, 0.15) is 0 Å². The average Bonchev–Trinajstić information content (AvgIpc) is 2.79. The number of hydrogen-bond acceptors (Lipinski definition) is 3. The summed E-state index contributed by atoms with van der Waals surface area (Å²) in [5.74, 6) is 0.502. The monoisotopic (exact) mass is 246 g/mol. The summed E-state index contributed by atoms with van der Waals surface area (Å²) in [6, 6.07) is 10.2. The minimum absolute atomic E-state index is 0.0401. The van der Waals surface area contributed by atoms with E-state index in [2.05, 4.69) is 36.3 Å². The van der Waals surface area contributed by atoms with E-state index in [0.717, 1.165) is 12.1 Å². The van der Waals surface area contributed by atoms with Gasteiger partial charge in [0, 0.05) is 23.8 Å². The molecular formula is C14H18N2S. The molecule has 0 saturated carbocycles. The van der Waals surface area contributed by atoms with Crippen LogP contribution in [0.2, 0.25) is 0 Å². The highest BCUT2D eigenvalue weighted by Crippen LogP contribution is 2.22. The van der Waals surface area contributed by atoms with Crippen LogP contribution in [0, 0.1) is 0 Å². The molecule has 1 unspecified atom stereocenters. The van der Waals surface area contributed by atoms with Gasteiger partial charge >= 0.3 is 0 Å². The van der Waals surface area contributed by atoms with E-state index >= 15 is 0 Å². The van der Waals surface area contributed by atoms with Crippen LogP contribution >= 0.6 is 11.3 Å². The van der Waals surface area contributed by atoms with E-state index in [-0.39, 0.29) is 6.04 Å². The fourth-order valence-electron chi connectivity index (χ4n) is 1.72. The van der Waals surface area contributed by atoms with Crippen molar-refractivity contribution >= 4 is 11.3 Å². The molecule has 90 valence electrons. The van der Waals surface area contributed by atoms with E-state index in [4.69, 9.17) is 5.73 Å². The highest BCUT2D eigenvalue weighted by molar-refractivity contribution is 7.09. The zero-order valence-electron chi connectivity index (χ0n) is 10.3. The maximum absolute atomic E-state index is 6.18. The van der Waals surface area contributed by atoms with Crippen LogP contribution in [0.15, 0.2) is 35.7 Å². The molecule has 0 fully saturated rings. The minimum atomic E-state index is 0.0401. The summed E-state index contributed by atoms with van der Waals surface area (Å²) in [6.07, 6.45) is 0.813. The number of hydrogen-bond donors (Lipinski definition) is 1. The molecule has 0 bridgehead atoms. The predicted molar refractivity (Wildman–Crippen MR) is 73.3 cm³/mol. The van der Waals surface area contributed by atoms with Crippen molar-refractivity contribution in [3.05, 3.63) is 52.0 Å². The largest absolute Gasteiger partial charge is 0.324 e. The molecule has 2 N–H and O–H groups in total. The fraction of sp³-hybridized carbons (Fsp3) is 0.357. The van der Waals surface area contributed by atoms with Crippen LogP contribution in [0.25, 0.3) is 0 Å². The highest BCUT2D eigenvalue weighted by Gasteiger charge is 2.10. The summed E-state index contributed by atoms with van der Waals surface area (Å²) in [5.41, 5.74) is 8.46. The Labute approximate surface area is 107 Å². The Kier molecular flexibility index (Phi) is 3.92. The van der Waals surface area contributed by atoms with Gasteiger partial charge in [-0.05, 0) is 5.56 Å². The van der Waals surface area contributed by atoms with Crippen molar-refractivity contribution in [1.29, 1.82) is 0 Å². The van der Waals surface area contributed by atoms with Crippen molar-refractivity contribution in [2.45, 2.75) is 32.2 Å². The van der Waals surface area contributed by atoms with Gasteiger partial charge in [-0.3, -0.25) is 0 Å². The molecule has 0 aliphatic rings. The summed E-state index contributed by atoms with van der Waals surface area (Å²) in [6.45, 7) is 4.33. The maximum atomic E-state index is 6.18. The van der Waals surface area contributed by atoms with Gasteiger partial charge in [-0.15, -0.1) is 11.3 Å². The Morgan fingerprint density at radius 2 is 1.94 bits per heavy atom. The molecule has 0 amide bonds. The third kappa shape index (κ3) is 3.14. The van der Waals surface area contributed by atoms with E-state index in [9.17, 15) is 0 Å². The van der Waals surface area contributed by atoms with Crippen LogP contribution in [0.1, 0.15) is 42.1 Å². The predicted octanol–water partition coefficient (Wildman–Crippen LogP) is 3.51. The van der Waals surface area contributed by atoms with Crippen LogP contribution in [-0.2, 0) is 6.42 Å². The summed E-state index contributed by atoms with van der Waals surface area (Å²) in [5, 5.41) is 3.32. The quantitative estimate of drug-likeness (QED) is 0.896. The van der Waals surface area contributed by atoms with Gasteiger partial charge < -0.3 is 5.73 Å². The van der Waals surface area contributed by atoms with Gasteiger partial charge in [-0.25, -0.2) is 4.98 Å².